The predicted molar refractivity (Wildman–Crippen MR) is 74.7 cm³/mol. The van der Waals surface area contributed by atoms with Crippen molar-refractivity contribution in [2.45, 2.75) is 25.2 Å². The van der Waals surface area contributed by atoms with Crippen molar-refractivity contribution in [1.29, 1.82) is 0 Å². The van der Waals surface area contributed by atoms with Crippen LogP contribution in [0.2, 0.25) is 0 Å². The molecule has 1 N–H and O–H groups in total. The summed E-state index contributed by atoms with van der Waals surface area (Å²) in [6.07, 6.45) is -6.45. The third kappa shape index (κ3) is 2.86. The van der Waals surface area contributed by atoms with Gasteiger partial charge in [-0.15, -0.1) is 0 Å². The fourth-order valence-electron chi connectivity index (χ4n) is 2.66. The van der Waals surface area contributed by atoms with Crippen LogP contribution < -0.4 is 0 Å². The lowest BCUT2D eigenvalue weighted by Crippen LogP contribution is -2.48. The van der Waals surface area contributed by atoms with Crippen molar-refractivity contribution < 1.29 is 27.5 Å². The lowest BCUT2D eigenvalue weighted by Gasteiger charge is -2.29. The largest absolute Gasteiger partial charge is 0.423 e. The number of alkyl halides is 3. The Morgan fingerprint density at radius 1 is 1.29 bits per heavy atom. The molecule has 1 unspecified atom stereocenters. The van der Waals surface area contributed by atoms with Gasteiger partial charge in [-0.1, -0.05) is 12.1 Å². The Hall–Kier alpha value is -2.42. The molecule has 2 heterocycles. The number of aromatic nitrogens is 2. The van der Waals surface area contributed by atoms with E-state index in [0.29, 0.717) is 11.3 Å². The maximum atomic E-state index is 13.9. The zero-order valence-electron chi connectivity index (χ0n) is 12.3. The van der Waals surface area contributed by atoms with Crippen LogP contribution in [-0.2, 0) is 17.8 Å². The van der Waals surface area contributed by atoms with Gasteiger partial charge in [0, 0.05) is 25.1 Å². The fourth-order valence-corrected chi connectivity index (χ4v) is 2.66. The van der Waals surface area contributed by atoms with E-state index in [1.54, 1.807) is 6.07 Å². The average Bonchev–Trinajstić information content (AvgIpc) is 2.96. The first kappa shape index (κ1) is 16.4. The van der Waals surface area contributed by atoms with Crippen molar-refractivity contribution in [1.82, 2.24) is 14.7 Å². The van der Waals surface area contributed by atoms with Gasteiger partial charge in [-0.25, -0.2) is 9.07 Å². The summed E-state index contributed by atoms with van der Waals surface area (Å²) in [4.78, 5) is 12.7. The number of aliphatic hydroxyl groups is 1. The van der Waals surface area contributed by atoms with Gasteiger partial charge in [0.25, 0.3) is 5.91 Å². The number of hydrogen-bond donors (Lipinski definition) is 1. The van der Waals surface area contributed by atoms with Crippen LogP contribution >= 0.6 is 0 Å². The number of rotatable bonds is 2. The molecule has 0 fully saturated rings. The van der Waals surface area contributed by atoms with E-state index in [1.165, 1.54) is 29.1 Å². The summed E-state index contributed by atoms with van der Waals surface area (Å²) in [5, 5.41) is 13.2. The highest BCUT2D eigenvalue weighted by molar-refractivity contribution is 5.81. The molecular formula is C15H13F4N3O2. The van der Waals surface area contributed by atoms with Crippen LogP contribution in [0.3, 0.4) is 0 Å². The molecule has 0 bridgehead atoms. The second kappa shape index (κ2) is 5.90. The highest BCUT2D eigenvalue weighted by Gasteiger charge is 2.46. The van der Waals surface area contributed by atoms with E-state index >= 15 is 0 Å². The van der Waals surface area contributed by atoms with Gasteiger partial charge < -0.3 is 10.0 Å². The van der Waals surface area contributed by atoms with Crippen molar-refractivity contribution in [3.05, 3.63) is 47.5 Å². The van der Waals surface area contributed by atoms with E-state index < -0.39 is 24.0 Å². The van der Waals surface area contributed by atoms with E-state index in [0.717, 1.165) is 4.90 Å². The zero-order chi connectivity index (χ0) is 17.5. The highest BCUT2D eigenvalue weighted by Crippen LogP contribution is 2.26. The summed E-state index contributed by atoms with van der Waals surface area (Å²) < 4.78 is 52.7. The Balaban J connectivity index is 1.84. The quantitative estimate of drug-likeness (QED) is 0.847. The molecule has 1 aliphatic rings. The van der Waals surface area contributed by atoms with Crippen molar-refractivity contribution in [3.8, 4) is 5.69 Å². The number of carbonyl (C=O) groups is 1. The Labute approximate surface area is 134 Å². The number of carbonyl (C=O) groups excluding carboxylic acids is 1. The number of fused-ring (bicyclic) bond motifs is 1. The van der Waals surface area contributed by atoms with Gasteiger partial charge in [0.15, 0.2) is 0 Å². The molecule has 0 spiro atoms. The van der Waals surface area contributed by atoms with E-state index in [2.05, 4.69) is 5.10 Å². The highest BCUT2D eigenvalue weighted by atomic mass is 19.4. The molecule has 0 saturated heterocycles. The van der Waals surface area contributed by atoms with Gasteiger partial charge in [0.2, 0.25) is 6.10 Å². The summed E-state index contributed by atoms with van der Waals surface area (Å²) in [5.74, 6) is -1.87. The third-order valence-corrected chi connectivity index (χ3v) is 3.87. The number of benzene rings is 1. The molecule has 0 aliphatic carbocycles. The van der Waals surface area contributed by atoms with Gasteiger partial charge in [-0.3, -0.25) is 4.79 Å². The number of aliphatic hydroxyl groups excluding tert-OH is 1. The molecule has 3 rings (SSSR count). The SMILES string of the molecule is O=C(C(O)C(F)(F)F)N1CCc2c(cnn2-c2ccccc2F)C1. The van der Waals surface area contributed by atoms with Crippen LogP contribution in [0.15, 0.2) is 30.5 Å². The molecule has 0 saturated carbocycles. The number of hydrogen-bond acceptors (Lipinski definition) is 3. The Kier molecular flexibility index (Phi) is 4.04. The summed E-state index contributed by atoms with van der Waals surface area (Å²) in [6, 6.07) is 5.99. The van der Waals surface area contributed by atoms with E-state index in [-0.39, 0.29) is 25.2 Å². The minimum Gasteiger partial charge on any atom is -0.376 e. The summed E-state index contributed by atoms with van der Waals surface area (Å²) >= 11 is 0. The molecule has 0 radical (unpaired) electrons. The second-order valence-corrected chi connectivity index (χ2v) is 5.43. The van der Waals surface area contributed by atoms with Crippen LogP contribution in [0.1, 0.15) is 11.3 Å². The number of halogens is 4. The maximum absolute atomic E-state index is 13.9. The molecular weight excluding hydrogens is 330 g/mol. The van der Waals surface area contributed by atoms with E-state index in [1.807, 2.05) is 0 Å². The zero-order valence-corrected chi connectivity index (χ0v) is 12.3. The van der Waals surface area contributed by atoms with E-state index in [4.69, 9.17) is 5.11 Å². The lowest BCUT2D eigenvalue weighted by molar-refractivity contribution is -0.211. The normalized spacial score (nSPS) is 16.0. The molecule has 24 heavy (non-hydrogen) atoms. The lowest BCUT2D eigenvalue weighted by atomic mass is 10.1. The number of amides is 1. The predicted octanol–water partition coefficient (Wildman–Crippen LogP) is 1.82. The standard InChI is InChI=1S/C15H13F4N3O2/c16-10-3-1-2-4-12(10)22-11-5-6-21(8-9(11)7-20-22)14(24)13(23)15(17,18)19/h1-4,7,13,23H,5-6,8H2. The molecule has 9 heteroatoms. The van der Waals surface area contributed by atoms with Crippen LogP contribution in [0.4, 0.5) is 17.6 Å². The smallest absolute Gasteiger partial charge is 0.376 e. The monoisotopic (exact) mass is 343 g/mol. The van der Waals surface area contributed by atoms with Crippen molar-refractivity contribution in [2.24, 2.45) is 0 Å². The Bertz CT molecular complexity index is 772. The second-order valence-electron chi connectivity index (χ2n) is 5.43. The summed E-state index contributed by atoms with van der Waals surface area (Å²) in [6.45, 7) is -0.130. The molecule has 1 atom stereocenters. The maximum Gasteiger partial charge on any atom is 0.423 e. The summed E-state index contributed by atoms with van der Waals surface area (Å²) in [5.41, 5.74) is 1.38. The molecule has 1 aliphatic heterocycles. The molecule has 5 nitrogen and oxygen atoms in total. The van der Waals surface area contributed by atoms with Crippen molar-refractivity contribution in [2.75, 3.05) is 6.54 Å². The van der Waals surface area contributed by atoms with Gasteiger partial charge in [0.1, 0.15) is 11.5 Å². The van der Waals surface area contributed by atoms with Gasteiger partial charge in [0.05, 0.1) is 11.9 Å². The van der Waals surface area contributed by atoms with Gasteiger partial charge >= 0.3 is 6.18 Å². The molecule has 128 valence electrons. The number of nitrogens with zero attached hydrogens (tertiary/aromatic N) is 3. The fraction of sp³-hybridized carbons (Fsp3) is 0.333. The average molecular weight is 343 g/mol. The molecule has 1 aromatic carbocycles. The van der Waals surface area contributed by atoms with Crippen LogP contribution in [0.5, 0.6) is 0 Å². The molecule has 1 amide bonds. The van der Waals surface area contributed by atoms with Gasteiger partial charge in [-0.05, 0) is 12.1 Å². The minimum atomic E-state index is -5.01. The third-order valence-electron chi connectivity index (χ3n) is 3.87. The molecule has 2 aromatic rings. The first-order chi connectivity index (χ1) is 11.3. The first-order valence-electron chi connectivity index (χ1n) is 7.13. The van der Waals surface area contributed by atoms with Crippen molar-refractivity contribution >= 4 is 5.91 Å². The topological polar surface area (TPSA) is 58.4 Å². The Morgan fingerprint density at radius 3 is 2.67 bits per heavy atom. The minimum absolute atomic E-state index is 0.0148. The van der Waals surface area contributed by atoms with Crippen LogP contribution in [0.25, 0.3) is 5.69 Å². The van der Waals surface area contributed by atoms with Crippen molar-refractivity contribution in [3.63, 3.8) is 0 Å². The van der Waals surface area contributed by atoms with Crippen LogP contribution in [0, 0.1) is 5.82 Å². The Morgan fingerprint density at radius 2 is 2.00 bits per heavy atom. The van der Waals surface area contributed by atoms with Gasteiger partial charge in [-0.2, -0.15) is 18.3 Å². The summed E-state index contributed by atoms with van der Waals surface area (Å²) in [7, 11) is 0. The van der Waals surface area contributed by atoms with E-state index in [9.17, 15) is 22.4 Å². The molecule has 1 aromatic heterocycles. The van der Waals surface area contributed by atoms with Crippen LogP contribution in [-0.4, -0.2) is 44.5 Å². The number of para-hydroxylation sites is 1. The first-order valence-corrected chi connectivity index (χ1v) is 7.13.